The van der Waals surface area contributed by atoms with Gasteiger partial charge in [-0.25, -0.2) is 18.9 Å². The molecule has 0 aromatic heterocycles. The monoisotopic (exact) mass is 737 g/mol. The molecule has 49 heavy (non-hydrogen) atoms. The quantitative estimate of drug-likeness (QED) is 0.136. The van der Waals surface area contributed by atoms with E-state index < -0.39 is 29.2 Å². The minimum atomic E-state index is -1.57. The number of Topliss-reactive ketones (excluding diaryl/α,β-unsaturated/α-hetero) is 3. The number of amides is 6. The minimum Gasteiger partial charge on any atom is -0.450 e. The predicted octanol–water partition coefficient (Wildman–Crippen LogP) is -2.20. The van der Waals surface area contributed by atoms with E-state index in [2.05, 4.69) is 52.4 Å². The molecule has 22 heteroatoms. The summed E-state index contributed by atoms with van der Waals surface area (Å²) >= 11 is -1.57. The molecule has 0 aromatic carbocycles. The third-order valence-electron chi connectivity index (χ3n) is 3.32. The van der Waals surface area contributed by atoms with Crippen LogP contribution in [0, 0.1) is 0 Å². The molecule has 0 aromatic rings. The van der Waals surface area contributed by atoms with Gasteiger partial charge in [-0.05, 0) is 55.6 Å². The van der Waals surface area contributed by atoms with Crippen molar-refractivity contribution in [3.63, 3.8) is 0 Å². The number of ketones is 3. The zero-order valence-electron chi connectivity index (χ0n) is 30.9. The maximum Gasteiger partial charge on any atom is 0.404 e. The van der Waals surface area contributed by atoms with Crippen LogP contribution in [0.5, 0.6) is 0 Å². The van der Waals surface area contributed by atoms with Gasteiger partial charge in [0.15, 0.2) is 0 Å². The van der Waals surface area contributed by atoms with Gasteiger partial charge in [-0.1, -0.05) is 6.92 Å². The van der Waals surface area contributed by atoms with E-state index in [0.717, 1.165) is 26.2 Å². The Bertz CT molecular complexity index is 842. The van der Waals surface area contributed by atoms with Gasteiger partial charge in [0.25, 0.3) is 0 Å². The Morgan fingerprint density at radius 2 is 1.02 bits per heavy atom. The normalized spacial score (nSPS) is 10.8. The van der Waals surface area contributed by atoms with Crippen LogP contribution in [0.2, 0.25) is 0 Å². The molecular weight excluding hydrogens is 674 g/mol. The van der Waals surface area contributed by atoms with Gasteiger partial charge < -0.3 is 63.3 Å². The number of carbonyl (C=O) groups is 8. The third-order valence-corrected chi connectivity index (χ3v) is 3.65. The molecule has 21 nitrogen and oxygen atoms in total. The first kappa shape index (κ1) is 63.6. The number of urea groups is 1. The number of hydrogen-bond donors (Lipinski definition) is 7. The second-order valence-electron chi connectivity index (χ2n) is 8.69. The Morgan fingerprint density at radius 1 is 0.694 bits per heavy atom. The molecule has 1 rings (SSSR count). The van der Waals surface area contributed by atoms with E-state index in [1.54, 1.807) is 18.7 Å². The highest BCUT2D eigenvalue weighted by Gasteiger charge is 2.15. The second-order valence-corrected chi connectivity index (χ2v) is 9.54. The van der Waals surface area contributed by atoms with Crippen molar-refractivity contribution < 1.29 is 56.2 Å². The first-order valence-electron chi connectivity index (χ1n) is 14.1. The van der Waals surface area contributed by atoms with Crippen LogP contribution in [-0.2, 0) is 53.7 Å². The van der Waals surface area contributed by atoms with E-state index in [1.165, 1.54) is 55.9 Å². The standard InChI is InChI=1S/C6H13N3O.C4H7NO2.2C3H7NO2.C3H7NO.2C3H6O.CH5NO2S.CH5N/c1-8-2-4-9(5-3-8)6(7)10;1-3(6)2-4(5)7;1-6-2-3(4)5;1-2-6-3(4)5;1-2-3(4)5;2*1-3(2)4;1-4-5(2)3;1-2/h2-5H2,1H3,(H2,7,10);2H2,1H3,(H2,5,7);2*2H2,1H3,(H2,4,5);2H2,1H3,(H2,4,5);2*1-2H3;2H2,1H3;2H2,1H3. The van der Waals surface area contributed by atoms with Crippen LogP contribution in [0.3, 0.4) is 0 Å². The molecule has 0 aliphatic carbocycles. The Labute approximate surface area is 293 Å². The molecule has 0 bridgehead atoms. The Morgan fingerprint density at radius 3 is 1.10 bits per heavy atom. The van der Waals surface area contributed by atoms with E-state index in [0.29, 0.717) is 13.0 Å². The maximum absolute atomic E-state index is 10.6. The number of nitrogens with two attached hydrogens (primary N) is 7. The number of piperazine rings is 1. The Hall–Kier alpha value is -4.09. The van der Waals surface area contributed by atoms with E-state index >= 15 is 0 Å². The third kappa shape index (κ3) is 135. The molecule has 1 saturated heterocycles. The highest BCUT2D eigenvalue weighted by molar-refractivity contribution is 7.77. The van der Waals surface area contributed by atoms with Crippen molar-refractivity contribution in [2.24, 2.45) is 39.5 Å². The summed E-state index contributed by atoms with van der Waals surface area (Å²) in [6.45, 7) is 14.6. The zero-order chi connectivity index (χ0) is 41.1. The molecule has 294 valence electrons. The molecule has 1 aliphatic rings. The first-order valence-corrected chi connectivity index (χ1v) is 15.2. The number of ether oxygens (including phenoxy) is 2. The zero-order valence-corrected chi connectivity index (χ0v) is 31.7. The molecule has 0 spiro atoms. The SMILES string of the molecule is CC(=O)CC(N)=O.CC(C)=O.CC(C)=O.CCC(N)=O.CCOC(N)=O.CN.CN1CCN(C(N)=O)CC1.COCC(N)=O.COS(N)=O. The molecule has 1 atom stereocenters. The average Bonchev–Trinajstić information content (AvgIpc) is 2.94. The van der Waals surface area contributed by atoms with Crippen molar-refractivity contribution in [1.29, 1.82) is 0 Å². The van der Waals surface area contributed by atoms with E-state index in [-0.39, 0.29) is 42.3 Å². The molecular formula is C27H63N9O12S. The molecule has 6 amide bonds. The second kappa shape index (κ2) is 50.8. The molecule has 1 unspecified atom stereocenters. The number of nitrogens with zero attached hydrogens (tertiary/aromatic N) is 2. The van der Waals surface area contributed by atoms with Crippen LogP contribution in [0.15, 0.2) is 0 Å². The van der Waals surface area contributed by atoms with Crippen molar-refractivity contribution >= 4 is 58.5 Å². The van der Waals surface area contributed by atoms with Gasteiger partial charge in [0.05, 0.1) is 20.1 Å². The van der Waals surface area contributed by atoms with E-state index in [9.17, 15) is 42.6 Å². The summed E-state index contributed by atoms with van der Waals surface area (Å²) in [6, 6.07) is -0.298. The van der Waals surface area contributed by atoms with Gasteiger partial charge in [-0.3, -0.25) is 23.4 Å². The van der Waals surface area contributed by atoms with Crippen molar-refractivity contribution in [3.05, 3.63) is 0 Å². The largest absolute Gasteiger partial charge is 0.450 e. The highest BCUT2D eigenvalue weighted by atomic mass is 32.2. The molecule has 0 saturated carbocycles. The van der Waals surface area contributed by atoms with Crippen LogP contribution in [0.1, 0.15) is 61.3 Å². The molecule has 14 N–H and O–H groups in total. The summed E-state index contributed by atoms with van der Waals surface area (Å²) in [6.07, 6.45) is -0.405. The topological polar surface area (TPSA) is 370 Å². The summed E-state index contributed by atoms with van der Waals surface area (Å²) in [5.41, 5.74) is 28.0. The molecule has 0 radical (unpaired) electrons. The van der Waals surface area contributed by atoms with Crippen LogP contribution in [0.4, 0.5) is 9.59 Å². The average molecular weight is 738 g/mol. The lowest BCUT2D eigenvalue weighted by atomic mass is 10.3. The van der Waals surface area contributed by atoms with Crippen molar-refractivity contribution in [3.8, 4) is 0 Å². The maximum atomic E-state index is 10.6. The lowest BCUT2D eigenvalue weighted by Crippen LogP contribution is -2.49. The van der Waals surface area contributed by atoms with Gasteiger partial charge in [0, 0.05) is 39.7 Å². The van der Waals surface area contributed by atoms with Crippen LogP contribution < -0.4 is 39.5 Å². The molecule has 1 fully saturated rings. The van der Waals surface area contributed by atoms with Crippen molar-refractivity contribution in [2.45, 2.75) is 61.3 Å². The minimum absolute atomic E-state index is 0.0139. The number of likely N-dealkylation sites (N-methyl/N-ethyl adjacent to an activating group) is 1. The fourth-order valence-corrected chi connectivity index (χ4v) is 1.56. The fraction of sp³-hybridized carbons (Fsp3) is 0.704. The lowest BCUT2D eigenvalue weighted by molar-refractivity contribution is -0.125. The van der Waals surface area contributed by atoms with Gasteiger partial charge in [0.2, 0.25) is 29.0 Å². The summed E-state index contributed by atoms with van der Waals surface area (Å²) in [5, 5.41) is 4.54. The number of rotatable bonds is 7. The smallest absolute Gasteiger partial charge is 0.404 e. The van der Waals surface area contributed by atoms with Gasteiger partial charge in [-0.15, -0.1) is 0 Å². The highest BCUT2D eigenvalue weighted by Crippen LogP contribution is 1.97. The van der Waals surface area contributed by atoms with Gasteiger partial charge >= 0.3 is 12.1 Å². The summed E-state index contributed by atoms with van der Waals surface area (Å²) < 4.78 is 22.0. The van der Waals surface area contributed by atoms with Crippen LogP contribution in [-0.4, -0.2) is 129 Å². The summed E-state index contributed by atoms with van der Waals surface area (Å²) in [4.78, 5) is 82.0. The van der Waals surface area contributed by atoms with Crippen molar-refractivity contribution in [2.75, 3.05) is 67.7 Å². The fourth-order valence-electron chi connectivity index (χ4n) is 1.56. The van der Waals surface area contributed by atoms with E-state index in [1.807, 2.05) is 7.05 Å². The Kier molecular flexibility index (Phi) is 65.8. The lowest BCUT2D eigenvalue weighted by Gasteiger charge is -2.30. The molecule has 1 heterocycles. The molecule has 1 aliphatic heterocycles. The predicted molar refractivity (Wildman–Crippen MR) is 187 cm³/mol. The number of carbonyl (C=O) groups excluding carboxylic acids is 8. The van der Waals surface area contributed by atoms with Crippen LogP contribution in [0.25, 0.3) is 0 Å². The van der Waals surface area contributed by atoms with Crippen molar-refractivity contribution in [1.82, 2.24) is 9.80 Å². The summed E-state index contributed by atoms with van der Waals surface area (Å²) in [7, 11) is 6.24. The Balaban J connectivity index is -0.0000000662. The number of hydrogen-bond acceptors (Lipinski definition) is 14. The number of primary amides is 5. The van der Waals surface area contributed by atoms with E-state index in [4.69, 9.17) is 5.73 Å². The number of methoxy groups -OCH3 is 1. The first-order chi connectivity index (χ1) is 22.4. The van der Waals surface area contributed by atoms with Gasteiger partial charge in [0.1, 0.15) is 24.0 Å². The van der Waals surface area contributed by atoms with Crippen LogP contribution >= 0.6 is 0 Å². The summed E-state index contributed by atoms with van der Waals surface area (Å²) in [5.74, 6) is -1.09. The van der Waals surface area contributed by atoms with Gasteiger partial charge in [-0.2, -0.15) is 0 Å².